The molecule has 3 N–H and O–H groups in total. The number of hydrogen-bond donors (Lipinski definition) is 2. The number of hydrogen-bond acceptors (Lipinski definition) is 3. The molecule has 0 saturated carbocycles. The molecule has 0 bridgehead atoms. The smallest absolute Gasteiger partial charge is 0.420 e. The number of primary amides is 1. The molecule has 0 spiro atoms. The number of fused-ring (bicyclic) bond motifs is 1. The third-order valence-corrected chi connectivity index (χ3v) is 4.64. The molecular weight excluding hydrogens is 418 g/mol. The molecule has 0 saturated heterocycles. The Morgan fingerprint density at radius 2 is 2.00 bits per heavy atom. The van der Waals surface area contributed by atoms with Crippen molar-refractivity contribution in [2.24, 2.45) is 5.73 Å². The molecule has 0 aromatic heterocycles. The molecule has 2 aromatic rings. The van der Waals surface area contributed by atoms with E-state index in [1.807, 2.05) is 0 Å². The first-order valence-electron chi connectivity index (χ1n) is 8.18. The lowest BCUT2D eigenvalue weighted by atomic mass is 9.94. The summed E-state index contributed by atoms with van der Waals surface area (Å²) in [5, 5.41) is 2.13. The average molecular weight is 432 g/mol. The van der Waals surface area contributed by atoms with Crippen molar-refractivity contribution < 1.29 is 31.9 Å². The lowest BCUT2D eigenvalue weighted by molar-refractivity contribution is -0.138. The summed E-state index contributed by atoms with van der Waals surface area (Å²) in [6, 6.07) is 2.96. The summed E-state index contributed by atoms with van der Waals surface area (Å²) in [6.07, 6.45) is -4.93. The van der Waals surface area contributed by atoms with Crippen molar-refractivity contribution in [1.82, 2.24) is 5.32 Å². The Morgan fingerprint density at radius 1 is 1.31 bits per heavy atom. The molecule has 29 heavy (non-hydrogen) atoms. The lowest BCUT2D eigenvalue weighted by Gasteiger charge is -2.34. The van der Waals surface area contributed by atoms with Gasteiger partial charge in [-0.1, -0.05) is 17.7 Å². The summed E-state index contributed by atoms with van der Waals surface area (Å²) in [5.41, 5.74) is 4.02. The van der Waals surface area contributed by atoms with Gasteiger partial charge in [-0.2, -0.15) is 13.2 Å². The third kappa shape index (κ3) is 4.07. The Bertz CT molecular complexity index is 997. The average Bonchev–Trinajstić information content (AvgIpc) is 2.61. The highest BCUT2D eigenvalue weighted by molar-refractivity contribution is 6.32. The van der Waals surface area contributed by atoms with Crippen LogP contribution in [-0.4, -0.2) is 25.0 Å². The van der Waals surface area contributed by atoms with Crippen molar-refractivity contribution in [1.29, 1.82) is 0 Å². The van der Waals surface area contributed by atoms with E-state index in [0.29, 0.717) is 5.56 Å². The van der Waals surface area contributed by atoms with Crippen LogP contribution in [0, 0.1) is 5.82 Å². The second-order valence-electron chi connectivity index (χ2n) is 6.29. The largest absolute Gasteiger partial charge is 0.453 e. The summed E-state index contributed by atoms with van der Waals surface area (Å²) in [6.45, 7) is 0. The van der Waals surface area contributed by atoms with E-state index in [4.69, 9.17) is 22.1 Å². The molecule has 3 amide bonds. The Morgan fingerprint density at radius 3 is 2.62 bits per heavy atom. The summed E-state index contributed by atoms with van der Waals surface area (Å²) >= 11 is 5.93. The highest BCUT2D eigenvalue weighted by Gasteiger charge is 2.41. The summed E-state index contributed by atoms with van der Waals surface area (Å²) in [5.74, 6) is -2.50. The molecule has 11 heteroatoms. The molecule has 1 atom stereocenters. The van der Waals surface area contributed by atoms with Gasteiger partial charge in [-0.3, -0.25) is 4.79 Å². The van der Waals surface area contributed by atoms with Crippen molar-refractivity contribution in [2.75, 3.05) is 11.9 Å². The first-order chi connectivity index (χ1) is 13.5. The van der Waals surface area contributed by atoms with E-state index in [1.54, 1.807) is 0 Å². The number of urea groups is 1. The number of ether oxygens (including phenoxy) is 1. The normalized spacial score (nSPS) is 16.4. The van der Waals surface area contributed by atoms with Crippen molar-refractivity contribution in [3.8, 4) is 11.5 Å². The van der Waals surface area contributed by atoms with Crippen LogP contribution in [0.3, 0.4) is 0 Å². The molecule has 1 heterocycles. The fraction of sp³-hybridized carbons (Fsp3) is 0.222. The maximum atomic E-state index is 13.6. The van der Waals surface area contributed by atoms with Gasteiger partial charge in [0.2, 0.25) is 5.91 Å². The van der Waals surface area contributed by atoms with E-state index >= 15 is 0 Å². The Labute approximate surface area is 167 Å². The van der Waals surface area contributed by atoms with Crippen LogP contribution in [-0.2, 0) is 17.4 Å². The maximum Gasteiger partial charge on any atom is 0.420 e. The molecule has 0 aliphatic carbocycles. The van der Waals surface area contributed by atoms with E-state index in [1.165, 1.54) is 13.1 Å². The van der Waals surface area contributed by atoms with Crippen molar-refractivity contribution in [2.45, 2.75) is 18.6 Å². The number of likely N-dealkylation sites (N-methyl/N-ethyl adjacent to an activating group) is 1. The van der Waals surface area contributed by atoms with Crippen LogP contribution in [0.25, 0.3) is 0 Å². The van der Waals surface area contributed by atoms with Gasteiger partial charge in [-0.05, 0) is 23.8 Å². The molecule has 0 fully saturated rings. The van der Waals surface area contributed by atoms with Crippen molar-refractivity contribution >= 4 is 29.2 Å². The van der Waals surface area contributed by atoms with Gasteiger partial charge in [-0.25, -0.2) is 9.18 Å². The number of nitrogens with two attached hydrogens (primary N) is 1. The van der Waals surface area contributed by atoms with Gasteiger partial charge in [-0.15, -0.1) is 0 Å². The second kappa shape index (κ2) is 7.43. The van der Waals surface area contributed by atoms with Gasteiger partial charge in [0.05, 0.1) is 10.7 Å². The number of nitrogens with zero attached hydrogens (tertiary/aromatic N) is 1. The Kier molecular flexibility index (Phi) is 5.31. The molecular formula is C18H14ClF4N3O3. The number of nitrogens with one attached hydrogen (secondary N) is 1. The minimum absolute atomic E-state index is 0.104. The number of carbonyl (C=O) groups is 2. The van der Waals surface area contributed by atoms with E-state index in [0.717, 1.165) is 29.2 Å². The van der Waals surface area contributed by atoms with Crippen LogP contribution in [0.4, 0.5) is 28.0 Å². The highest BCUT2D eigenvalue weighted by Crippen LogP contribution is 2.47. The fourth-order valence-electron chi connectivity index (χ4n) is 3.07. The topological polar surface area (TPSA) is 84.7 Å². The number of carbonyl (C=O) groups excluding carboxylic acids is 2. The highest BCUT2D eigenvalue weighted by atomic mass is 35.5. The van der Waals surface area contributed by atoms with Crippen LogP contribution >= 0.6 is 11.6 Å². The van der Waals surface area contributed by atoms with Crippen LogP contribution < -0.4 is 20.7 Å². The minimum Gasteiger partial charge on any atom is -0.453 e. The molecule has 3 rings (SSSR count). The minimum atomic E-state index is -4.82. The van der Waals surface area contributed by atoms with E-state index in [-0.39, 0.29) is 22.9 Å². The first kappa shape index (κ1) is 20.7. The van der Waals surface area contributed by atoms with Crippen LogP contribution in [0.15, 0.2) is 30.3 Å². The van der Waals surface area contributed by atoms with E-state index in [2.05, 4.69) is 5.32 Å². The zero-order valence-corrected chi connectivity index (χ0v) is 15.6. The zero-order chi connectivity index (χ0) is 21.5. The third-order valence-electron chi connectivity index (χ3n) is 4.33. The number of amides is 3. The summed E-state index contributed by atoms with van der Waals surface area (Å²) in [4.78, 5) is 24.6. The maximum absolute atomic E-state index is 13.6. The molecule has 2 aromatic carbocycles. The van der Waals surface area contributed by atoms with Gasteiger partial charge in [0.25, 0.3) is 0 Å². The van der Waals surface area contributed by atoms with Gasteiger partial charge >= 0.3 is 12.2 Å². The van der Waals surface area contributed by atoms with E-state index < -0.39 is 41.3 Å². The monoisotopic (exact) mass is 431 g/mol. The van der Waals surface area contributed by atoms with Gasteiger partial charge in [0.15, 0.2) is 5.75 Å². The molecule has 1 aliphatic rings. The SMILES string of the molecule is CN1C(=O)[C@H](NC(N)=O)Cc2ccc(C(F)(F)F)c(Oc3cc(F)ccc3Cl)c21. The standard InChI is InChI=1S/C18H14ClF4N3O3/c1-26-14-8(6-12(16(26)27)25-17(24)28)2-4-10(18(21,22)23)15(14)29-13-7-9(20)3-5-11(13)19/h2-5,7,12H,6H2,1H3,(H3,24,25,28)/t12-/m1/s1. The van der Waals surface area contributed by atoms with E-state index in [9.17, 15) is 27.2 Å². The molecule has 0 radical (unpaired) electrons. The van der Waals surface area contributed by atoms with Gasteiger partial charge in [0.1, 0.15) is 23.2 Å². The zero-order valence-electron chi connectivity index (χ0n) is 14.8. The quantitative estimate of drug-likeness (QED) is 0.724. The number of rotatable bonds is 3. The number of halogens is 5. The Hall–Kier alpha value is -3.01. The van der Waals surface area contributed by atoms with Gasteiger partial charge < -0.3 is 20.7 Å². The second-order valence-corrected chi connectivity index (χ2v) is 6.69. The number of anilines is 1. The summed E-state index contributed by atoms with van der Waals surface area (Å²) in [7, 11) is 1.23. The van der Waals surface area contributed by atoms with Crippen molar-refractivity contribution in [3.63, 3.8) is 0 Å². The number of alkyl halides is 3. The predicted octanol–water partition coefficient (Wildman–Crippen LogP) is 3.85. The molecule has 0 unspecified atom stereocenters. The van der Waals surface area contributed by atoms with Crippen LogP contribution in [0.1, 0.15) is 11.1 Å². The predicted molar refractivity (Wildman–Crippen MR) is 96.5 cm³/mol. The van der Waals surface area contributed by atoms with Gasteiger partial charge in [0, 0.05) is 19.5 Å². The number of benzene rings is 2. The molecule has 154 valence electrons. The Balaban J connectivity index is 2.17. The lowest BCUT2D eigenvalue weighted by Crippen LogP contribution is -2.53. The molecule has 1 aliphatic heterocycles. The van der Waals surface area contributed by atoms with Crippen molar-refractivity contribution in [3.05, 3.63) is 52.3 Å². The summed E-state index contributed by atoms with van der Waals surface area (Å²) < 4.78 is 59.8. The van der Waals surface area contributed by atoms with Crippen LogP contribution in [0.2, 0.25) is 5.02 Å². The fourth-order valence-corrected chi connectivity index (χ4v) is 3.23. The van der Waals surface area contributed by atoms with Crippen LogP contribution in [0.5, 0.6) is 11.5 Å². The molecule has 6 nitrogen and oxygen atoms in total. The first-order valence-corrected chi connectivity index (χ1v) is 8.56.